The van der Waals surface area contributed by atoms with Crippen LogP contribution in [0.5, 0.6) is 0 Å². The van der Waals surface area contributed by atoms with E-state index in [0.717, 1.165) is 49.0 Å². The Morgan fingerprint density at radius 2 is 1.91 bits per heavy atom. The first-order valence-corrected chi connectivity index (χ1v) is 8.71. The van der Waals surface area contributed by atoms with E-state index in [1.54, 1.807) is 0 Å². The maximum absolute atomic E-state index is 4.49. The predicted octanol–water partition coefficient (Wildman–Crippen LogP) is 2.04. The molecule has 3 heterocycles. The molecule has 0 amide bonds. The number of likely N-dealkylation sites (tertiary alicyclic amines) is 1. The number of nitrogens with zero attached hydrogens (tertiary/aromatic N) is 5. The van der Waals surface area contributed by atoms with Gasteiger partial charge in [-0.3, -0.25) is 4.99 Å². The number of rotatable bonds is 2. The summed E-state index contributed by atoms with van der Waals surface area (Å²) < 4.78 is 2.25. The molecule has 1 aliphatic carbocycles. The van der Waals surface area contributed by atoms with Gasteiger partial charge in [0.25, 0.3) is 0 Å². The second kappa shape index (κ2) is 7.36. The monoisotopic (exact) mass is 430 g/mol. The molecule has 0 radical (unpaired) electrons. The molecule has 0 spiro atoms. The fraction of sp³-hybridized carbons (Fsp3) is 0.812. The molecule has 2 fully saturated rings. The highest BCUT2D eigenvalue weighted by Crippen LogP contribution is 2.35. The molecule has 23 heavy (non-hydrogen) atoms. The van der Waals surface area contributed by atoms with Crippen LogP contribution in [0.2, 0.25) is 0 Å². The van der Waals surface area contributed by atoms with Gasteiger partial charge in [0, 0.05) is 33.1 Å². The van der Waals surface area contributed by atoms with Gasteiger partial charge in [0.15, 0.2) is 11.8 Å². The van der Waals surface area contributed by atoms with Gasteiger partial charge >= 0.3 is 0 Å². The van der Waals surface area contributed by atoms with E-state index in [1.165, 1.54) is 45.2 Å². The second-order valence-electron chi connectivity index (χ2n) is 6.90. The van der Waals surface area contributed by atoms with Crippen LogP contribution < -0.4 is 5.32 Å². The Hall–Kier alpha value is -0.860. The standard InChI is InChI=1S/C16H26N6.HI/c1-17-16(21-10-12-5-2-3-6-13(12)11-21)18-9-15-20-19-14-7-4-8-22(14)15;/h12-13H,2-11H2,1H3,(H,17,18);1H. The Morgan fingerprint density at radius 1 is 1.17 bits per heavy atom. The molecule has 2 atom stereocenters. The minimum absolute atomic E-state index is 0. The van der Waals surface area contributed by atoms with E-state index in [2.05, 4.69) is 30.0 Å². The number of fused-ring (bicyclic) bond motifs is 2. The van der Waals surface area contributed by atoms with Crippen LogP contribution in [-0.4, -0.2) is 45.8 Å². The minimum atomic E-state index is 0. The van der Waals surface area contributed by atoms with Crippen LogP contribution in [0.25, 0.3) is 0 Å². The molecule has 3 aliphatic rings. The van der Waals surface area contributed by atoms with Gasteiger partial charge in [-0.25, -0.2) is 0 Å². The zero-order valence-corrected chi connectivity index (χ0v) is 16.2. The summed E-state index contributed by atoms with van der Waals surface area (Å²) in [5.74, 6) is 4.98. The molecule has 1 aromatic heterocycles. The van der Waals surface area contributed by atoms with Crippen LogP contribution in [0.3, 0.4) is 0 Å². The third kappa shape index (κ3) is 3.34. The maximum Gasteiger partial charge on any atom is 0.194 e. The van der Waals surface area contributed by atoms with Crippen molar-refractivity contribution in [3.63, 3.8) is 0 Å². The van der Waals surface area contributed by atoms with Crippen LogP contribution in [0.15, 0.2) is 4.99 Å². The van der Waals surface area contributed by atoms with E-state index in [0.29, 0.717) is 0 Å². The van der Waals surface area contributed by atoms with E-state index < -0.39 is 0 Å². The minimum Gasteiger partial charge on any atom is -0.349 e. The summed E-state index contributed by atoms with van der Waals surface area (Å²) in [4.78, 5) is 6.94. The van der Waals surface area contributed by atoms with Crippen molar-refractivity contribution >= 4 is 29.9 Å². The number of guanidine groups is 1. The highest BCUT2D eigenvalue weighted by Gasteiger charge is 2.35. The molecule has 0 aromatic carbocycles. The SMILES string of the molecule is CN=C(NCc1nnc2n1CCC2)N1CC2CCCCC2C1.I. The number of aromatic nitrogens is 3. The number of aliphatic imine (C=N–C) groups is 1. The molecular weight excluding hydrogens is 403 g/mol. The summed E-state index contributed by atoms with van der Waals surface area (Å²) >= 11 is 0. The van der Waals surface area contributed by atoms with Gasteiger partial charge in [-0.2, -0.15) is 0 Å². The molecule has 128 valence electrons. The lowest BCUT2D eigenvalue weighted by Crippen LogP contribution is -2.40. The van der Waals surface area contributed by atoms with Crippen LogP contribution in [0, 0.1) is 11.8 Å². The van der Waals surface area contributed by atoms with Crippen molar-refractivity contribution in [3.8, 4) is 0 Å². The number of hydrogen-bond donors (Lipinski definition) is 1. The lowest BCUT2D eigenvalue weighted by Gasteiger charge is -2.22. The van der Waals surface area contributed by atoms with Crippen molar-refractivity contribution in [1.29, 1.82) is 0 Å². The number of halogens is 1. The molecule has 0 bridgehead atoms. The first-order chi connectivity index (χ1) is 10.8. The summed E-state index contributed by atoms with van der Waals surface area (Å²) in [7, 11) is 1.89. The predicted molar refractivity (Wildman–Crippen MR) is 101 cm³/mol. The first-order valence-electron chi connectivity index (χ1n) is 8.71. The average Bonchev–Trinajstić information content (AvgIpc) is 3.23. The molecule has 1 saturated carbocycles. The van der Waals surface area contributed by atoms with Crippen molar-refractivity contribution in [2.45, 2.75) is 51.6 Å². The van der Waals surface area contributed by atoms with Gasteiger partial charge in [-0.1, -0.05) is 12.8 Å². The van der Waals surface area contributed by atoms with Crippen LogP contribution in [-0.2, 0) is 19.5 Å². The van der Waals surface area contributed by atoms with Gasteiger partial charge in [-0.15, -0.1) is 34.2 Å². The second-order valence-corrected chi connectivity index (χ2v) is 6.90. The van der Waals surface area contributed by atoms with Gasteiger partial charge in [0.2, 0.25) is 0 Å². The lowest BCUT2D eigenvalue weighted by molar-refractivity contribution is 0.299. The van der Waals surface area contributed by atoms with Crippen molar-refractivity contribution in [2.24, 2.45) is 16.8 Å². The van der Waals surface area contributed by atoms with Crippen LogP contribution in [0.1, 0.15) is 43.8 Å². The Kier molecular flexibility index (Phi) is 5.43. The van der Waals surface area contributed by atoms with E-state index in [-0.39, 0.29) is 24.0 Å². The molecule has 2 aliphatic heterocycles. The fourth-order valence-corrected chi connectivity index (χ4v) is 4.41. The Bertz CT molecular complexity index is 555. The molecule has 4 rings (SSSR count). The third-order valence-corrected chi connectivity index (χ3v) is 5.58. The summed E-state index contributed by atoms with van der Waals surface area (Å²) in [6.45, 7) is 4.13. The molecule has 2 unspecified atom stereocenters. The van der Waals surface area contributed by atoms with Gasteiger partial charge in [0.05, 0.1) is 6.54 Å². The summed E-state index contributed by atoms with van der Waals surface area (Å²) in [5.41, 5.74) is 0. The molecule has 7 heteroatoms. The fourth-order valence-electron chi connectivity index (χ4n) is 4.41. The largest absolute Gasteiger partial charge is 0.349 e. The molecule has 1 aromatic rings. The number of aryl methyl sites for hydroxylation is 1. The van der Waals surface area contributed by atoms with Crippen molar-refractivity contribution in [2.75, 3.05) is 20.1 Å². The smallest absolute Gasteiger partial charge is 0.194 e. The average molecular weight is 430 g/mol. The van der Waals surface area contributed by atoms with E-state index in [1.807, 2.05) is 7.05 Å². The van der Waals surface area contributed by atoms with E-state index in [9.17, 15) is 0 Å². The number of nitrogens with one attached hydrogen (secondary N) is 1. The van der Waals surface area contributed by atoms with E-state index in [4.69, 9.17) is 0 Å². The topological polar surface area (TPSA) is 58.3 Å². The Morgan fingerprint density at radius 3 is 2.61 bits per heavy atom. The number of hydrogen-bond acceptors (Lipinski definition) is 3. The molecule has 1 saturated heterocycles. The van der Waals surface area contributed by atoms with Gasteiger partial charge in [-0.05, 0) is 31.1 Å². The summed E-state index contributed by atoms with van der Waals surface area (Å²) in [5, 5.41) is 12.1. The Balaban J connectivity index is 0.00000156. The molecule has 1 N–H and O–H groups in total. The van der Waals surface area contributed by atoms with Crippen molar-refractivity contribution < 1.29 is 0 Å². The van der Waals surface area contributed by atoms with Crippen molar-refractivity contribution in [3.05, 3.63) is 11.6 Å². The summed E-state index contributed by atoms with van der Waals surface area (Å²) in [6, 6.07) is 0. The highest BCUT2D eigenvalue weighted by molar-refractivity contribution is 14.0. The van der Waals surface area contributed by atoms with Crippen LogP contribution in [0.4, 0.5) is 0 Å². The van der Waals surface area contributed by atoms with Crippen molar-refractivity contribution in [1.82, 2.24) is 25.0 Å². The van der Waals surface area contributed by atoms with Gasteiger partial charge < -0.3 is 14.8 Å². The third-order valence-electron chi connectivity index (χ3n) is 5.58. The lowest BCUT2D eigenvalue weighted by atomic mass is 9.82. The van der Waals surface area contributed by atoms with Gasteiger partial charge in [0.1, 0.15) is 5.82 Å². The highest BCUT2D eigenvalue weighted by atomic mass is 127. The van der Waals surface area contributed by atoms with E-state index >= 15 is 0 Å². The summed E-state index contributed by atoms with van der Waals surface area (Å²) in [6.07, 6.45) is 7.88. The quantitative estimate of drug-likeness (QED) is 0.443. The molecule has 6 nitrogen and oxygen atoms in total. The Labute approximate surface area is 155 Å². The zero-order chi connectivity index (χ0) is 14.9. The maximum atomic E-state index is 4.49. The zero-order valence-electron chi connectivity index (χ0n) is 13.9. The van der Waals surface area contributed by atoms with Crippen LogP contribution >= 0.6 is 24.0 Å². The molecular formula is C16H27IN6. The normalized spacial score (nSPS) is 26.7. The first kappa shape index (κ1) is 17.0.